The van der Waals surface area contributed by atoms with Crippen molar-refractivity contribution in [3.8, 4) is 0 Å². The second-order valence-corrected chi connectivity index (χ2v) is 4.27. The Morgan fingerprint density at radius 2 is 2.05 bits per heavy atom. The summed E-state index contributed by atoms with van der Waals surface area (Å²) in [5, 5.41) is 17.1. The van der Waals surface area contributed by atoms with Gasteiger partial charge in [0, 0.05) is 37.6 Å². The molecule has 2 rings (SSSR count). The fourth-order valence-electron chi connectivity index (χ4n) is 1.54. The van der Waals surface area contributed by atoms with E-state index in [1.54, 1.807) is 24.7 Å². The van der Waals surface area contributed by atoms with E-state index in [0.29, 0.717) is 29.6 Å². The third kappa shape index (κ3) is 3.79. The quantitative estimate of drug-likeness (QED) is 0.483. The van der Waals surface area contributed by atoms with Gasteiger partial charge in [0.15, 0.2) is 0 Å². The zero-order valence-electron chi connectivity index (χ0n) is 10.4. The summed E-state index contributed by atoms with van der Waals surface area (Å²) in [7, 11) is 0. The van der Waals surface area contributed by atoms with Crippen LogP contribution in [0.5, 0.6) is 0 Å². The topological polar surface area (TPSA) is 93.0 Å². The molecule has 1 heterocycles. The van der Waals surface area contributed by atoms with Gasteiger partial charge in [0.05, 0.1) is 21.8 Å². The molecule has 0 saturated carbocycles. The molecule has 0 radical (unpaired) electrons. The number of aromatic nitrogens is 2. The molecule has 0 fully saturated rings. The van der Waals surface area contributed by atoms with Crippen LogP contribution in [-0.2, 0) is 0 Å². The SMILES string of the molecule is O=[N+]([O-])c1ccc(NCCNc2cnccn2)c(Cl)c1. The summed E-state index contributed by atoms with van der Waals surface area (Å²) in [6.07, 6.45) is 4.82. The summed E-state index contributed by atoms with van der Waals surface area (Å²) >= 11 is 5.96. The predicted molar refractivity (Wildman–Crippen MR) is 77.1 cm³/mol. The predicted octanol–water partition coefficient (Wildman–Crippen LogP) is 2.56. The summed E-state index contributed by atoms with van der Waals surface area (Å²) in [6.45, 7) is 1.21. The molecular weight excluding hydrogens is 282 g/mol. The lowest BCUT2D eigenvalue weighted by Crippen LogP contribution is -2.14. The molecule has 2 aromatic rings. The number of hydrogen-bond donors (Lipinski definition) is 2. The van der Waals surface area contributed by atoms with Crippen LogP contribution < -0.4 is 10.6 Å². The van der Waals surface area contributed by atoms with E-state index in [9.17, 15) is 10.1 Å². The van der Waals surface area contributed by atoms with E-state index in [1.165, 1.54) is 12.1 Å². The monoisotopic (exact) mass is 293 g/mol. The summed E-state index contributed by atoms with van der Waals surface area (Å²) in [5.74, 6) is 0.684. The average Bonchev–Trinajstić information content (AvgIpc) is 2.46. The molecule has 8 heteroatoms. The largest absolute Gasteiger partial charge is 0.382 e. The smallest absolute Gasteiger partial charge is 0.271 e. The van der Waals surface area contributed by atoms with Crippen LogP contribution in [0.15, 0.2) is 36.8 Å². The van der Waals surface area contributed by atoms with Crippen molar-refractivity contribution in [1.29, 1.82) is 0 Å². The highest BCUT2D eigenvalue weighted by molar-refractivity contribution is 6.33. The van der Waals surface area contributed by atoms with Crippen LogP contribution in [0.1, 0.15) is 0 Å². The minimum absolute atomic E-state index is 0.0294. The highest BCUT2D eigenvalue weighted by atomic mass is 35.5. The maximum atomic E-state index is 10.6. The highest BCUT2D eigenvalue weighted by Gasteiger charge is 2.08. The van der Waals surface area contributed by atoms with Gasteiger partial charge in [0.2, 0.25) is 0 Å². The first-order valence-corrected chi connectivity index (χ1v) is 6.22. The van der Waals surface area contributed by atoms with Crippen molar-refractivity contribution in [1.82, 2.24) is 9.97 Å². The number of nitrogens with one attached hydrogen (secondary N) is 2. The first-order valence-electron chi connectivity index (χ1n) is 5.84. The van der Waals surface area contributed by atoms with Crippen LogP contribution in [0.25, 0.3) is 0 Å². The summed E-state index contributed by atoms with van der Waals surface area (Å²) < 4.78 is 0. The van der Waals surface area contributed by atoms with E-state index in [-0.39, 0.29) is 5.69 Å². The third-order valence-electron chi connectivity index (χ3n) is 2.47. The van der Waals surface area contributed by atoms with Crippen molar-refractivity contribution in [2.45, 2.75) is 0 Å². The Morgan fingerprint density at radius 3 is 2.70 bits per heavy atom. The lowest BCUT2D eigenvalue weighted by Gasteiger charge is -2.09. The van der Waals surface area contributed by atoms with Gasteiger partial charge in [-0.1, -0.05) is 11.6 Å². The van der Waals surface area contributed by atoms with Crippen molar-refractivity contribution in [2.75, 3.05) is 23.7 Å². The first kappa shape index (κ1) is 14.0. The van der Waals surface area contributed by atoms with Crippen LogP contribution in [0.3, 0.4) is 0 Å². The van der Waals surface area contributed by atoms with E-state index < -0.39 is 4.92 Å². The summed E-state index contributed by atoms with van der Waals surface area (Å²) in [5.41, 5.74) is 0.622. The molecule has 1 aromatic heterocycles. The van der Waals surface area contributed by atoms with Crippen LogP contribution in [0.2, 0.25) is 5.02 Å². The van der Waals surface area contributed by atoms with Crippen molar-refractivity contribution >= 4 is 28.8 Å². The number of non-ortho nitro benzene ring substituents is 1. The number of nitro benzene ring substituents is 1. The molecule has 0 bridgehead atoms. The molecule has 0 atom stereocenters. The minimum Gasteiger partial charge on any atom is -0.382 e. The fraction of sp³-hybridized carbons (Fsp3) is 0.167. The molecule has 0 amide bonds. The Kier molecular flexibility index (Phi) is 4.67. The number of benzene rings is 1. The van der Waals surface area contributed by atoms with Crippen LogP contribution in [0, 0.1) is 10.1 Å². The molecule has 7 nitrogen and oxygen atoms in total. The maximum absolute atomic E-state index is 10.6. The molecule has 0 spiro atoms. The molecule has 104 valence electrons. The van der Waals surface area contributed by atoms with Crippen LogP contribution in [0.4, 0.5) is 17.2 Å². The molecule has 0 aliphatic heterocycles. The third-order valence-corrected chi connectivity index (χ3v) is 2.79. The normalized spacial score (nSPS) is 10.1. The molecule has 1 aromatic carbocycles. The minimum atomic E-state index is -0.481. The number of halogens is 1. The van der Waals surface area contributed by atoms with Crippen molar-refractivity contribution in [2.24, 2.45) is 0 Å². The van der Waals surface area contributed by atoms with Gasteiger partial charge in [0.25, 0.3) is 5.69 Å². The van der Waals surface area contributed by atoms with Crippen molar-refractivity contribution < 1.29 is 4.92 Å². The van der Waals surface area contributed by atoms with Gasteiger partial charge in [-0.3, -0.25) is 15.1 Å². The molecule has 0 saturated heterocycles. The van der Waals surface area contributed by atoms with Gasteiger partial charge < -0.3 is 10.6 Å². The van der Waals surface area contributed by atoms with Gasteiger partial charge >= 0.3 is 0 Å². The van der Waals surface area contributed by atoms with Crippen molar-refractivity contribution in [3.05, 3.63) is 51.9 Å². The van der Waals surface area contributed by atoms with Gasteiger partial charge in [-0.25, -0.2) is 4.98 Å². The van der Waals surface area contributed by atoms with Gasteiger partial charge in [-0.15, -0.1) is 0 Å². The van der Waals surface area contributed by atoms with E-state index in [1.807, 2.05) is 0 Å². The van der Waals surface area contributed by atoms with Gasteiger partial charge in [0.1, 0.15) is 5.82 Å². The second-order valence-electron chi connectivity index (χ2n) is 3.87. The molecule has 0 aliphatic rings. The molecule has 0 aliphatic carbocycles. The fourth-order valence-corrected chi connectivity index (χ4v) is 1.78. The Morgan fingerprint density at radius 1 is 1.25 bits per heavy atom. The van der Waals surface area contributed by atoms with E-state index in [2.05, 4.69) is 20.6 Å². The van der Waals surface area contributed by atoms with Crippen LogP contribution in [-0.4, -0.2) is 28.0 Å². The molecular formula is C12H12ClN5O2. The van der Waals surface area contributed by atoms with E-state index in [0.717, 1.165) is 0 Å². The van der Waals surface area contributed by atoms with E-state index >= 15 is 0 Å². The zero-order valence-corrected chi connectivity index (χ0v) is 11.2. The van der Waals surface area contributed by atoms with E-state index in [4.69, 9.17) is 11.6 Å². The Hall–Kier alpha value is -2.41. The summed E-state index contributed by atoms with van der Waals surface area (Å²) in [4.78, 5) is 18.1. The molecule has 0 unspecified atom stereocenters. The van der Waals surface area contributed by atoms with Crippen LogP contribution >= 0.6 is 11.6 Å². The summed E-state index contributed by atoms with van der Waals surface area (Å²) in [6, 6.07) is 4.31. The Labute approximate surface area is 120 Å². The zero-order chi connectivity index (χ0) is 14.4. The Balaban J connectivity index is 1.84. The second kappa shape index (κ2) is 6.67. The molecule has 2 N–H and O–H groups in total. The number of hydrogen-bond acceptors (Lipinski definition) is 6. The average molecular weight is 294 g/mol. The first-order chi connectivity index (χ1) is 9.66. The number of nitrogens with zero attached hydrogens (tertiary/aromatic N) is 3. The van der Waals surface area contributed by atoms with Gasteiger partial charge in [-0.05, 0) is 6.07 Å². The lowest BCUT2D eigenvalue weighted by molar-refractivity contribution is -0.384. The Bertz CT molecular complexity index is 594. The highest BCUT2D eigenvalue weighted by Crippen LogP contribution is 2.26. The standard InChI is InChI=1S/C12H12ClN5O2/c13-10-7-9(18(19)20)1-2-11(10)15-5-6-17-12-8-14-3-4-16-12/h1-4,7-8,15H,5-6H2,(H,16,17). The number of nitro groups is 1. The maximum Gasteiger partial charge on any atom is 0.271 e. The molecule has 20 heavy (non-hydrogen) atoms. The van der Waals surface area contributed by atoms with Gasteiger partial charge in [-0.2, -0.15) is 0 Å². The number of rotatable bonds is 6. The number of anilines is 2. The lowest BCUT2D eigenvalue weighted by atomic mass is 10.3. The van der Waals surface area contributed by atoms with Crippen molar-refractivity contribution in [3.63, 3.8) is 0 Å².